The second-order valence-corrected chi connectivity index (χ2v) is 4.75. The van der Waals surface area contributed by atoms with E-state index >= 15 is 0 Å². The van der Waals surface area contributed by atoms with Gasteiger partial charge in [-0.15, -0.1) is 0 Å². The second-order valence-electron chi connectivity index (χ2n) is 4.75. The third-order valence-corrected chi connectivity index (χ3v) is 3.19. The molecule has 0 aliphatic carbocycles. The number of aryl methyl sites for hydroxylation is 1. The summed E-state index contributed by atoms with van der Waals surface area (Å²) in [5.41, 5.74) is 0. The van der Waals surface area contributed by atoms with Gasteiger partial charge >= 0.3 is 0 Å². The first-order valence-electron chi connectivity index (χ1n) is 6.54. The molecule has 1 fully saturated rings. The van der Waals surface area contributed by atoms with Gasteiger partial charge in [0.05, 0.1) is 18.8 Å². The van der Waals surface area contributed by atoms with Crippen molar-refractivity contribution in [2.75, 3.05) is 6.61 Å². The van der Waals surface area contributed by atoms with Crippen molar-refractivity contribution >= 4 is 0 Å². The average molecular weight is 238 g/mol. The standard InChI is InChI=1S/C13H22N2O2/c1-3-4-12-7-11(5-6-16-12)14-9-13-15-8-10(2)17-13/h8,11-12,14H,3-7,9H2,1-2H3. The Morgan fingerprint density at radius 2 is 2.41 bits per heavy atom. The van der Waals surface area contributed by atoms with Crippen molar-refractivity contribution in [2.45, 2.75) is 58.2 Å². The van der Waals surface area contributed by atoms with Gasteiger partial charge in [-0.1, -0.05) is 13.3 Å². The molecule has 0 spiro atoms. The first-order chi connectivity index (χ1) is 8.28. The Labute approximate surface area is 103 Å². The molecule has 1 aliphatic heterocycles. The normalized spacial score (nSPS) is 25.1. The monoisotopic (exact) mass is 238 g/mol. The van der Waals surface area contributed by atoms with Gasteiger partial charge in [-0.2, -0.15) is 0 Å². The Bertz CT molecular complexity index is 336. The molecule has 2 atom stereocenters. The lowest BCUT2D eigenvalue weighted by molar-refractivity contribution is -0.00375. The molecule has 17 heavy (non-hydrogen) atoms. The van der Waals surface area contributed by atoms with E-state index in [0.29, 0.717) is 12.1 Å². The van der Waals surface area contributed by atoms with Crippen LogP contribution in [0.25, 0.3) is 0 Å². The summed E-state index contributed by atoms with van der Waals surface area (Å²) in [6.07, 6.45) is 6.73. The Hall–Kier alpha value is -0.870. The molecule has 0 aromatic carbocycles. The highest BCUT2D eigenvalue weighted by Crippen LogP contribution is 2.18. The first-order valence-corrected chi connectivity index (χ1v) is 6.54. The summed E-state index contributed by atoms with van der Waals surface area (Å²) >= 11 is 0. The number of nitrogens with zero attached hydrogens (tertiary/aromatic N) is 1. The maximum Gasteiger partial charge on any atom is 0.208 e. The fraction of sp³-hybridized carbons (Fsp3) is 0.769. The zero-order valence-corrected chi connectivity index (χ0v) is 10.7. The highest BCUT2D eigenvalue weighted by molar-refractivity contribution is 4.91. The van der Waals surface area contributed by atoms with Gasteiger partial charge in [0, 0.05) is 12.6 Å². The predicted molar refractivity (Wildman–Crippen MR) is 65.7 cm³/mol. The molecule has 1 saturated heterocycles. The van der Waals surface area contributed by atoms with Crippen LogP contribution in [0.5, 0.6) is 0 Å². The highest BCUT2D eigenvalue weighted by Gasteiger charge is 2.21. The molecule has 2 unspecified atom stereocenters. The van der Waals surface area contributed by atoms with Crippen LogP contribution in [0.4, 0.5) is 0 Å². The van der Waals surface area contributed by atoms with Crippen molar-refractivity contribution < 1.29 is 9.15 Å². The van der Waals surface area contributed by atoms with E-state index in [-0.39, 0.29) is 0 Å². The van der Waals surface area contributed by atoms with Crippen LogP contribution in [0.15, 0.2) is 10.6 Å². The number of aromatic nitrogens is 1. The molecule has 1 aromatic rings. The van der Waals surface area contributed by atoms with Crippen molar-refractivity contribution in [3.05, 3.63) is 17.8 Å². The Morgan fingerprint density at radius 3 is 3.12 bits per heavy atom. The molecular formula is C13H22N2O2. The topological polar surface area (TPSA) is 47.3 Å². The number of hydrogen-bond acceptors (Lipinski definition) is 4. The van der Waals surface area contributed by atoms with Crippen LogP contribution in [0, 0.1) is 6.92 Å². The van der Waals surface area contributed by atoms with Gasteiger partial charge < -0.3 is 14.5 Å². The van der Waals surface area contributed by atoms with E-state index in [1.807, 2.05) is 6.92 Å². The van der Waals surface area contributed by atoms with E-state index in [2.05, 4.69) is 17.2 Å². The lowest BCUT2D eigenvalue weighted by Crippen LogP contribution is -2.38. The minimum absolute atomic E-state index is 0.428. The van der Waals surface area contributed by atoms with Crippen LogP contribution in [-0.4, -0.2) is 23.7 Å². The van der Waals surface area contributed by atoms with Crippen molar-refractivity contribution in [2.24, 2.45) is 0 Å². The number of hydrogen-bond donors (Lipinski definition) is 1. The molecule has 1 aliphatic rings. The van der Waals surface area contributed by atoms with Gasteiger partial charge in [0.15, 0.2) is 0 Å². The largest absolute Gasteiger partial charge is 0.445 e. The number of rotatable bonds is 5. The lowest BCUT2D eigenvalue weighted by atomic mass is 10.0. The van der Waals surface area contributed by atoms with E-state index < -0.39 is 0 Å². The van der Waals surface area contributed by atoms with E-state index in [9.17, 15) is 0 Å². The third kappa shape index (κ3) is 3.82. The maximum absolute atomic E-state index is 5.73. The van der Waals surface area contributed by atoms with E-state index in [0.717, 1.165) is 44.1 Å². The molecule has 0 radical (unpaired) electrons. The molecule has 96 valence electrons. The van der Waals surface area contributed by atoms with Crippen LogP contribution in [-0.2, 0) is 11.3 Å². The van der Waals surface area contributed by atoms with Crippen molar-refractivity contribution in [1.29, 1.82) is 0 Å². The molecule has 4 heteroatoms. The number of ether oxygens (including phenoxy) is 1. The van der Waals surface area contributed by atoms with Crippen LogP contribution >= 0.6 is 0 Å². The SMILES string of the molecule is CCCC1CC(NCc2ncc(C)o2)CCO1. The highest BCUT2D eigenvalue weighted by atomic mass is 16.5. The summed E-state index contributed by atoms with van der Waals surface area (Å²) in [7, 11) is 0. The molecule has 2 rings (SSSR count). The van der Waals surface area contributed by atoms with Gasteiger partial charge in [-0.05, 0) is 26.2 Å². The zero-order chi connectivity index (χ0) is 12.1. The van der Waals surface area contributed by atoms with Crippen molar-refractivity contribution in [1.82, 2.24) is 10.3 Å². The van der Waals surface area contributed by atoms with Gasteiger partial charge in [-0.3, -0.25) is 0 Å². The fourth-order valence-electron chi connectivity index (χ4n) is 2.30. The molecule has 0 saturated carbocycles. The molecule has 0 bridgehead atoms. The molecule has 4 nitrogen and oxygen atoms in total. The minimum Gasteiger partial charge on any atom is -0.445 e. The number of oxazole rings is 1. The molecule has 1 N–H and O–H groups in total. The Balaban J connectivity index is 1.75. The van der Waals surface area contributed by atoms with Crippen molar-refractivity contribution in [3.8, 4) is 0 Å². The van der Waals surface area contributed by atoms with Crippen LogP contribution in [0.1, 0.15) is 44.3 Å². The smallest absolute Gasteiger partial charge is 0.208 e. The van der Waals surface area contributed by atoms with Crippen LogP contribution in [0.2, 0.25) is 0 Å². The summed E-state index contributed by atoms with van der Waals surface area (Å²) in [6, 6.07) is 0.535. The van der Waals surface area contributed by atoms with E-state index in [1.54, 1.807) is 6.20 Å². The molecular weight excluding hydrogens is 216 g/mol. The van der Waals surface area contributed by atoms with Gasteiger partial charge in [-0.25, -0.2) is 4.98 Å². The van der Waals surface area contributed by atoms with E-state index in [1.165, 1.54) is 6.42 Å². The minimum atomic E-state index is 0.428. The van der Waals surface area contributed by atoms with Crippen LogP contribution in [0.3, 0.4) is 0 Å². The van der Waals surface area contributed by atoms with Crippen LogP contribution < -0.4 is 5.32 Å². The second kappa shape index (κ2) is 6.17. The summed E-state index contributed by atoms with van der Waals surface area (Å²) in [6.45, 7) is 5.71. The Kier molecular flexibility index (Phi) is 4.57. The first kappa shape index (κ1) is 12.6. The van der Waals surface area contributed by atoms with Crippen molar-refractivity contribution in [3.63, 3.8) is 0 Å². The van der Waals surface area contributed by atoms with Gasteiger partial charge in [0.2, 0.25) is 5.89 Å². The lowest BCUT2D eigenvalue weighted by Gasteiger charge is -2.29. The maximum atomic E-state index is 5.73. The molecule has 1 aromatic heterocycles. The molecule has 2 heterocycles. The average Bonchev–Trinajstić information content (AvgIpc) is 2.74. The summed E-state index contributed by atoms with van der Waals surface area (Å²) in [5, 5.41) is 3.50. The fourth-order valence-corrected chi connectivity index (χ4v) is 2.30. The molecule has 0 amide bonds. The Morgan fingerprint density at radius 1 is 1.53 bits per heavy atom. The summed E-state index contributed by atoms with van der Waals surface area (Å²) in [4.78, 5) is 4.20. The summed E-state index contributed by atoms with van der Waals surface area (Å²) < 4.78 is 11.2. The number of nitrogens with one attached hydrogen (secondary N) is 1. The van der Waals surface area contributed by atoms with Gasteiger partial charge in [0.1, 0.15) is 5.76 Å². The van der Waals surface area contributed by atoms with E-state index in [4.69, 9.17) is 9.15 Å². The van der Waals surface area contributed by atoms with Gasteiger partial charge in [0.25, 0.3) is 0 Å². The predicted octanol–water partition coefficient (Wildman–Crippen LogP) is 2.42. The quantitative estimate of drug-likeness (QED) is 0.855. The summed E-state index contributed by atoms with van der Waals surface area (Å²) in [5.74, 6) is 1.65. The zero-order valence-electron chi connectivity index (χ0n) is 10.7. The third-order valence-electron chi connectivity index (χ3n) is 3.19.